The lowest BCUT2D eigenvalue weighted by atomic mass is 10.1. The molecule has 1 unspecified atom stereocenters. The summed E-state index contributed by atoms with van der Waals surface area (Å²) in [5.74, 6) is -0.403. The van der Waals surface area contributed by atoms with Crippen LogP contribution in [0, 0.1) is 0 Å². The molecule has 0 aliphatic heterocycles. The molecule has 0 radical (unpaired) electrons. The van der Waals surface area contributed by atoms with E-state index in [1.54, 1.807) is 63.2 Å². The first-order valence-electron chi connectivity index (χ1n) is 11.1. The van der Waals surface area contributed by atoms with E-state index in [4.69, 9.17) is 27.9 Å². The summed E-state index contributed by atoms with van der Waals surface area (Å²) in [4.78, 5) is 27.6. The van der Waals surface area contributed by atoms with E-state index in [2.05, 4.69) is 5.32 Å². The summed E-state index contributed by atoms with van der Waals surface area (Å²) in [6, 6.07) is 10.2. The summed E-state index contributed by atoms with van der Waals surface area (Å²) >= 11 is 12.6. The van der Waals surface area contributed by atoms with E-state index in [-0.39, 0.29) is 18.5 Å². The molecule has 0 aliphatic carbocycles. The lowest BCUT2D eigenvalue weighted by Crippen LogP contribution is -2.52. The van der Waals surface area contributed by atoms with Gasteiger partial charge in [-0.3, -0.25) is 13.9 Å². The Morgan fingerprint density at radius 1 is 1.03 bits per heavy atom. The van der Waals surface area contributed by atoms with Crippen LogP contribution in [0.15, 0.2) is 42.5 Å². The Balaban J connectivity index is 2.42. The van der Waals surface area contributed by atoms with Crippen molar-refractivity contribution in [3.63, 3.8) is 0 Å². The first-order chi connectivity index (χ1) is 16.3. The maximum absolute atomic E-state index is 13.5. The molecule has 0 aromatic heterocycles. The number of anilines is 1. The van der Waals surface area contributed by atoms with Gasteiger partial charge in [-0.05, 0) is 64.1 Å². The molecule has 0 heterocycles. The van der Waals surface area contributed by atoms with Crippen LogP contribution >= 0.6 is 23.2 Å². The highest BCUT2D eigenvalue weighted by Gasteiger charge is 2.31. The van der Waals surface area contributed by atoms with Gasteiger partial charge in [0.1, 0.15) is 18.3 Å². The molecule has 2 aromatic carbocycles. The number of halogens is 2. The second-order valence-corrected chi connectivity index (χ2v) is 11.0. The molecule has 0 spiro atoms. The molecule has 192 valence electrons. The standard InChI is InChI=1S/C24H31Cl2N3O5S/c1-6-34-19-12-10-18(11-13-19)29(35(5,32)33)15-23(30)28(17(4)24(31)27-16(2)3)14-20-21(25)8-7-9-22(20)26/h7-13,16-17H,6,14-15H2,1-5H3,(H,27,31). The highest BCUT2D eigenvalue weighted by molar-refractivity contribution is 7.92. The minimum absolute atomic E-state index is 0.0785. The SMILES string of the molecule is CCOc1ccc(N(CC(=O)N(Cc2c(Cl)cccc2Cl)C(C)C(=O)NC(C)C)S(C)(=O)=O)cc1. The summed E-state index contributed by atoms with van der Waals surface area (Å²) in [5.41, 5.74) is 0.750. The van der Waals surface area contributed by atoms with E-state index in [1.165, 1.54) is 4.90 Å². The number of hydrogen-bond acceptors (Lipinski definition) is 5. The number of rotatable bonds is 11. The van der Waals surface area contributed by atoms with Gasteiger partial charge in [-0.1, -0.05) is 29.3 Å². The molecule has 11 heteroatoms. The predicted molar refractivity (Wildman–Crippen MR) is 140 cm³/mol. The Labute approximate surface area is 217 Å². The van der Waals surface area contributed by atoms with Crippen molar-refractivity contribution in [2.24, 2.45) is 0 Å². The van der Waals surface area contributed by atoms with Gasteiger partial charge in [0.15, 0.2) is 0 Å². The van der Waals surface area contributed by atoms with E-state index in [9.17, 15) is 18.0 Å². The van der Waals surface area contributed by atoms with Gasteiger partial charge in [0, 0.05) is 28.2 Å². The fourth-order valence-electron chi connectivity index (χ4n) is 3.33. The Kier molecular flexibility index (Phi) is 10.2. The number of benzene rings is 2. The molecule has 0 bridgehead atoms. The minimum atomic E-state index is -3.83. The van der Waals surface area contributed by atoms with Crippen molar-refractivity contribution in [1.29, 1.82) is 0 Å². The molecular formula is C24H31Cl2N3O5S. The molecule has 1 N–H and O–H groups in total. The minimum Gasteiger partial charge on any atom is -0.494 e. The third kappa shape index (κ3) is 8.02. The van der Waals surface area contributed by atoms with Crippen LogP contribution in [0.2, 0.25) is 10.0 Å². The molecule has 35 heavy (non-hydrogen) atoms. The van der Waals surface area contributed by atoms with E-state index in [1.807, 2.05) is 6.92 Å². The first-order valence-corrected chi connectivity index (χ1v) is 13.7. The lowest BCUT2D eigenvalue weighted by Gasteiger charge is -2.32. The number of carbonyl (C=O) groups excluding carboxylic acids is 2. The van der Waals surface area contributed by atoms with Gasteiger partial charge in [-0.2, -0.15) is 0 Å². The van der Waals surface area contributed by atoms with E-state index in [0.29, 0.717) is 33.7 Å². The molecule has 0 saturated heterocycles. The Morgan fingerprint density at radius 2 is 1.60 bits per heavy atom. The zero-order valence-electron chi connectivity index (χ0n) is 20.4. The summed E-state index contributed by atoms with van der Waals surface area (Å²) in [6.45, 7) is 6.88. The quantitative estimate of drug-likeness (QED) is 0.460. The number of nitrogens with one attached hydrogen (secondary N) is 1. The third-order valence-electron chi connectivity index (χ3n) is 5.10. The van der Waals surface area contributed by atoms with Crippen LogP contribution in [0.25, 0.3) is 0 Å². The zero-order chi connectivity index (χ0) is 26.3. The molecule has 2 rings (SSSR count). The van der Waals surface area contributed by atoms with Crippen molar-refractivity contribution < 1.29 is 22.7 Å². The Morgan fingerprint density at radius 3 is 2.09 bits per heavy atom. The fraction of sp³-hybridized carbons (Fsp3) is 0.417. The van der Waals surface area contributed by atoms with Crippen LogP contribution in [-0.2, 0) is 26.2 Å². The largest absolute Gasteiger partial charge is 0.494 e. The van der Waals surface area contributed by atoms with Gasteiger partial charge in [0.25, 0.3) is 0 Å². The number of nitrogens with zero attached hydrogens (tertiary/aromatic N) is 2. The molecule has 1 atom stereocenters. The van der Waals surface area contributed by atoms with Crippen molar-refractivity contribution in [3.05, 3.63) is 58.1 Å². The summed E-state index contributed by atoms with van der Waals surface area (Å²) < 4.78 is 31.6. The van der Waals surface area contributed by atoms with Gasteiger partial charge in [0.2, 0.25) is 21.8 Å². The molecule has 0 aliphatic rings. The first kappa shape index (κ1) is 28.7. The van der Waals surface area contributed by atoms with Crippen LogP contribution in [0.5, 0.6) is 5.75 Å². The number of sulfonamides is 1. The summed E-state index contributed by atoms with van der Waals surface area (Å²) in [7, 11) is -3.83. The molecule has 0 fully saturated rings. The fourth-order valence-corrected chi connectivity index (χ4v) is 4.70. The smallest absolute Gasteiger partial charge is 0.244 e. The van der Waals surface area contributed by atoms with E-state index < -0.39 is 28.5 Å². The van der Waals surface area contributed by atoms with E-state index in [0.717, 1.165) is 10.6 Å². The zero-order valence-corrected chi connectivity index (χ0v) is 22.7. The maximum Gasteiger partial charge on any atom is 0.244 e. The van der Waals surface area contributed by atoms with Crippen LogP contribution in [0.1, 0.15) is 33.3 Å². The number of amides is 2. The molecule has 8 nitrogen and oxygen atoms in total. The van der Waals surface area contributed by atoms with Crippen LogP contribution in [0.4, 0.5) is 5.69 Å². The lowest BCUT2D eigenvalue weighted by molar-refractivity contribution is -0.139. The van der Waals surface area contributed by atoms with Gasteiger partial charge in [-0.15, -0.1) is 0 Å². The molecule has 2 aromatic rings. The van der Waals surface area contributed by atoms with Gasteiger partial charge < -0.3 is 15.0 Å². The van der Waals surface area contributed by atoms with Crippen LogP contribution < -0.4 is 14.4 Å². The second kappa shape index (κ2) is 12.5. The predicted octanol–water partition coefficient (Wildman–Crippen LogP) is 4.10. The molecule has 2 amide bonds. The van der Waals surface area contributed by atoms with Crippen molar-refractivity contribution in [3.8, 4) is 5.75 Å². The summed E-state index contributed by atoms with van der Waals surface area (Å²) in [5, 5.41) is 3.45. The van der Waals surface area contributed by atoms with E-state index >= 15 is 0 Å². The van der Waals surface area contributed by atoms with Crippen molar-refractivity contribution in [1.82, 2.24) is 10.2 Å². The topological polar surface area (TPSA) is 96.0 Å². The number of hydrogen-bond donors (Lipinski definition) is 1. The number of carbonyl (C=O) groups is 2. The van der Waals surface area contributed by atoms with Crippen molar-refractivity contribution >= 4 is 50.7 Å². The highest BCUT2D eigenvalue weighted by Crippen LogP contribution is 2.27. The van der Waals surface area contributed by atoms with Crippen molar-refractivity contribution in [2.45, 2.75) is 46.3 Å². The molecule has 0 saturated carbocycles. The maximum atomic E-state index is 13.5. The Hall–Kier alpha value is -2.49. The van der Waals surface area contributed by atoms with Crippen LogP contribution in [-0.4, -0.2) is 56.6 Å². The molecular weight excluding hydrogens is 513 g/mol. The second-order valence-electron chi connectivity index (χ2n) is 8.26. The van der Waals surface area contributed by atoms with Gasteiger partial charge >= 0.3 is 0 Å². The third-order valence-corrected chi connectivity index (χ3v) is 6.95. The normalized spacial score (nSPS) is 12.2. The van der Waals surface area contributed by atoms with Crippen LogP contribution in [0.3, 0.4) is 0 Å². The Bertz CT molecular complexity index is 1120. The summed E-state index contributed by atoms with van der Waals surface area (Å²) in [6.07, 6.45) is 1.01. The van der Waals surface area contributed by atoms with Crippen molar-refractivity contribution in [2.75, 3.05) is 23.7 Å². The number of ether oxygens (including phenoxy) is 1. The average Bonchev–Trinajstić information content (AvgIpc) is 2.76. The average molecular weight is 545 g/mol. The monoisotopic (exact) mass is 543 g/mol. The van der Waals surface area contributed by atoms with Gasteiger partial charge in [0.05, 0.1) is 18.6 Å². The van der Waals surface area contributed by atoms with Gasteiger partial charge in [-0.25, -0.2) is 8.42 Å². The highest BCUT2D eigenvalue weighted by atomic mass is 35.5.